The Hall–Kier alpha value is -1.61. The highest BCUT2D eigenvalue weighted by Gasteiger charge is 1.92. The van der Waals surface area contributed by atoms with Crippen LogP contribution in [0.2, 0.25) is 0 Å². The molecule has 0 spiro atoms. The SMILES string of the molecule is CC(=O)c1ccccc1.COc1ccc(Br)cc1. The second-order valence-corrected chi connectivity index (χ2v) is 4.50. The maximum absolute atomic E-state index is 10.6. The first-order chi connectivity index (χ1) is 8.63. The van der Waals surface area contributed by atoms with Crippen LogP contribution >= 0.6 is 15.9 Å². The lowest BCUT2D eigenvalue weighted by Crippen LogP contribution is -1.88. The third kappa shape index (κ3) is 5.15. The Labute approximate surface area is 116 Å². The van der Waals surface area contributed by atoms with Crippen molar-refractivity contribution in [3.8, 4) is 5.75 Å². The molecule has 3 heteroatoms. The molecule has 0 saturated carbocycles. The molecule has 0 amide bonds. The van der Waals surface area contributed by atoms with E-state index < -0.39 is 0 Å². The molecule has 0 aromatic heterocycles. The average Bonchev–Trinajstić information content (AvgIpc) is 2.41. The largest absolute Gasteiger partial charge is 0.497 e. The second-order valence-electron chi connectivity index (χ2n) is 3.58. The summed E-state index contributed by atoms with van der Waals surface area (Å²) in [6, 6.07) is 16.9. The fourth-order valence-electron chi connectivity index (χ4n) is 1.24. The summed E-state index contributed by atoms with van der Waals surface area (Å²) < 4.78 is 6.02. The van der Waals surface area contributed by atoms with E-state index in [0.29, 0.717) is 0 Å². The van der Waals surface area contributed by atoms with Crippen molar-refractivity contribution in [2.75, 3.05) is 7.11 Å². The lowest BCUT2D eigenvalue weighted by atomic mass is 10.2. The molecule has 0 bridgehead atoms. The van der Waals surface area contributed by atoms with Gasteiger partial charge in [-0.1, -0.05) is 46.3 Å². The van der Waals surface area contributed by atoms with Gasteiger partial charge in [0.25, 0.3) is 0 Å². The summed E-state index contributed by atoms with van der Waals surface area (Å²) in [6.45, 7) is 1.56. The summed E-state index contributed by atoms with van der Waals surface area (Å²) in [7, 11) is 1.66. The Bertz CT molecular complexity index is 478. The van der Waals surface area contributed by atoms with Gasteiger partial charge in [0, 0.05) is 10.0 Å². The molecule has 0 heterocycles. The quantitative estimate of drug-likeness (QED) is 0.771. The molecule has 0 unspecified atom stereocenters. The molecule has 0 aliphatic heterocycles. The number of carbonyl (C=O) groups is 1. The first kappa shape index (κ1) is 14.5. The zero-order valence-electron chi connectivity index (χ0n) is 10.4. The molecule has 0 aliphatic carbocycles. The molecule has 94 valence electrons. The number of ketones is 1. The molecule has 0 radical (unpaired) electrons. The van der Waals surface area contributed by atoms with Gasteiger partial charge in [-0.15, -0.1) is 0 Å². The number of halogens is 1. The monoisotopic (exact) mass is 306 g/mol. The van der Waals surface area contributed by atoms with Crippen molar-refractivity contribution >= 4 is 21.7 Å². The van der Waals surface area contributed by atoms with E-state index in [1.165, 1.54) is 0 Å². The zero-order chi connectivity index (χ0) is 13.4. The predicted octanol–water partition coefficient (Wildman–Crippen LogP) is 4.35. The Kier molecular flexibility index (Phi) is 6.15. The van der Waals surface area contributed by atoms with Crippen molar-refractivity contribution < 1.29 is 9.53 Å². The standard InChI is InChI=1S/C8H8O.C7H7BrO/c1-7(9)8-5-3-2-4-6-8;1-9-7-4-2-6(8)3-5-7/h2-6H,1H3;2-5H,1H3. The van der Waals surface area contributed by atoms with Gasteiger partial charge in [-0.05, 0) is 31.2 Å². The first-order valence-electron chi connectivity index (χ1n) is 5.49. The number of hydrogen-bond acceptors (Lipinski definition) is 2. The number of benzene rings is 2. The van der Waals surface area contributed by atoms with E-state index >= 15 is 0 Å². The van der Waals surface area contributed by atoms with Gasteiger partial charge >= 0.3 is 0 Å². The van der Waals surface area contributed by atoms with Crippen LogP contribution in [0.4, 0.5) is 0 Å². The number of ether oxygens (including phenoxy) is 1. The molecule has 0 fully saturated rings. The first-order valence-corrected chi connectivity index (χ1v) is 6.28. The number of Topliss-reactive ketones (excluding diaryl/α,β-unsaturated/α-hetero) is 1. The van der Waals surface area contributed by atoms with Gasteiger partial charge in [-0.2, -0.15) is 0 Å². The molecule has 0 N–H and O–H groups in total. The average molecular weight is 307 g/mol. The van der Waals surface area contributed by atoms with E-state index in [2.05, 4.69) is 15.9 Å². The number of carbonyl (C=O) groups excluding carboxylic acids is 1. The second kappa shape index (κ2) is 7.67. The van der Waals surface area contributed by atoms with E-state index in [1.54, 1.807) is 14.0 Å². The highest BCUT2D eigenvalue weighted by atomic mass is 79.9. The molecular formula is C15H15BrO2. The van der Waals surface area contributed by atoms with Crippen molar-refractivity contribution in [1.29, 1.82) is 0 Å². The maximum atomic E-state index is 10.6. The van der Waals surface area contributed by atoms with Crippen molar-refractivity contribution in [2.24, 2.45) is 0 Å². The van der Waals surface area contributed by atoms with E-state index in [1.807, 2.05) is 54.6 Å². The van der Waals surface area contributed by atoms with Crippen LogP contribution in [0.1, 0.15) is 17.3 Å². The topological polar surface area (TPSA) is 26.3 Å². The summed E-state index contributed by atoms with van der Waals surface area (Å²) in [5.41, 5.74) is 0.775. The minimum absolute atomic E-state index is 0.121. The summed E-state index contributed by atoms with van der Waals surface area (Å²) in [6.07, 6.45) is 0. The van der Waals surface area contributed by atoms with Crippen molar-refractivity contribution in [2.45, 2.75) is 6.92 Å². The van der Waals surface area contributed by atoms with Crippen LogP contribution in [0.25, 0.3) is 0 Å². The summed E-state index contributed by atoms with van der Waals surface area (Å²) in [4.78, 5) is 10.6. The minimum Gasteiger partial charge on any atom is -0.497 e. The fourth-order valence-corrected chi connectivity index (χ4v) is 1.51. The van der Waals surface area contributed by atoms with Crippen LogP contribution in [-0.4, -0.2) is 12.9 Å². The smallest absolute Gasteiger partial charge is 0.159 e. The Balaban J connectivity index is 0.000000180. The molecule has 2 rings (SSSR count). The van der Waals surface area contributed by atoms with E-state index in [4.69, 9.17) is 4.74 Å². The maximum Gasteiger partial charge on any atom is 0.159 e. The Morgan fingerprint density at radius 2 is 1.56 bits per heavy atom. The van der Waals surface area contributed by atoms with Crippen molar-refractivity contribution in [3.63, 3.8) is 0 Å². The molecule has 2 aromatic carbocycles. The van der Waals surface area contributed by atoms with Crippen LogP contribution in [-0.2, 0) is 0 Å². The highest BCUT2D eigenvalue weighted by Crippen LogP contribution is 2.14. The summed E-state index contributed by atoms with van der Waals surface area (Å²) in [5.74, 6) is 1.01. The summed E-state index contributed by atoms with van der Waals surface area (Å²) >= 11 is 3.32. The minimum atomic E-state index is 0.121. The van der Waals surface area contributed by atoms with Crippen LogP contribution in [0.15, 0.2) is 59.1 Å². The third-order valence-corrected chi connectivity index (χ3v) is 2.76. The van der Waals surface area contributed by atoms with Crippen LogP contribution in [0, 0.1) is 0 Å². The highest BCUT2D eigenvalue weighted by molar-refractivity contribution is 9.10. The van der Waals surface area contributed by atoms with Crippen LogP contribution in [0.3, 0.4) is 0 Å². The van der Waals surface area contributed by atoms with Gasteiger partial charge in [0.2, 0.25) is 0 Å². The third-order valence-electron chi connectivity index (χ3n) is 2.23. The van der Waals surface area contributed by atoms with Gasteiger partial charge in [-0.25, -0.2) is 0 Å². The van der Waals surface area contributed by atoms with E-state index in [0.717, 1.165) is 15.8 Å². The van der Waals surface area contributed by atoms with E-state index in [-0.39, 0.29) is 5.78 Å². The molecule has 2 aromatic rings. The van der Waals surface area contributed by atoms with Gasteiger partial charge in [0.1, 0.15) is 5.75 Å². The van der Waals surface area contributed by atoms with E-state index in [9.17, 15) is 4.79 Å². The number of methoxy groups -OCH3 is 1. The zero-order valence-corrected chi connectivity index (χ0v) is 12.0. The molecule has 2 nitrogen and oxygen atoms in total. The number of hydrogen-bond donors (Lipinski definition) is 0. The van der Waals surface area contributed by atoms with Crippen LogP contribution in [0.5, 0.6) is 5.75 Å². The lowest BCUT2D eigenvalue weighted by molar-refractivity contribution is 0.101. The predicted molar refractivity (Wildman–Crippen MR) is 77.1 cm³/mol. The van der Waals surface area contributed by atoms with Crippen molar-refractivity contribution in [1.82, 2.24) is 0 Å². The Morgan fingerprint density at radius 1 is 1.00 bits per heavy atom. The fraction of sp³-hybridized carbons (Fsp3) is 0.133. The summed E-state index contributed by atoms with van der Waals surface area (Å²) in [5, 5.41) is 0. The Morgan fingerprint density at radius 3 is 1.94 bits per heavy atom. The number of rotatable bonds is 2. The van der Waals surface area contributed by atoms with Crippen LogP contribution < -0.4 is 4.74 Å². The van der Waals surface area contributed by atoms with Gasteiger partial charge in [0.15, 0.2) is 5.78 Å². The lowest BCUT2D eigenvalue weighted by Gasteiger charge is -1.96. The molecule has 0 aliphatic rings. The van der Waals surface area contributed by atoms with Gasteiger partial charge in [-0.3, -0.25) is 4.79 Å². The van der Waals surface area contributed by atoms with Gasteiger partial charge < -0.3 is 4.74 Å². The molecule has 18 heavy (non-hydrogen) atoms. The van der Waals surface area contributed by atoms with Crippen molar-refractivity contribution in [3.05, 3.63) is 64.6 Å². The normalized spacial score (nSPS) is 9.06. The molecular weight excluding hydrogens is 292 g/mol. The van der Waals surface area contributed by atoms with Gasteiger partial charge in [0.05, 0.1) is 7.11 Å². The molecule has 0 saturated heterocycles. The molecule has 0 atom stereocenters.